The number of rotatable bonds is 6. The Morgan fingerprint density at radius 1 is 1.18 bits per heavy atom. The molecule has 3 heterocycles. The molecule has 38 heavy (non-hydrogen) atoms. The first kappa shape index (κ1) is 25.9. The molecule has 2 aliphatic rings. The Balaban J connectivity index is 1.34. The van der Waals surface area contributed by atoms with E-state index >= 15 is 0 Å². The van der Waals surface area contributed by atoms with Gasteiger partial charge < -0.3 is 19.2 Å². The Kier molecular flexibility index (Phi) is 8.05. The number of thioether (sulfide) groups is 1. The molecular weight excluding hydrogens is 505 g/mol. The van der Waals surface area contributed by atoms with Crippen molar-refractivity contribution < 1.29 is 18.7 Å². The maximum atomic E-state index is 14.4. The van der Waals surface area contributed by atoms with Crippen LogP contribution in [-0.4, -0.2) is 59.4 Å². The minimum Gasteiger partial charge on any atom is -0.445 e. The van der Waals surface area contributed by atoms with Crippen molar-refractivity contribution >= 4 is 23.7 Å². The van der Waals surface area contributed by atoms with E-state index in [1.165, 1.54) is 17.8 Å². The molecule has 8 nitrogen and oxygen atoms in total. The fraction of sp³-hybridized carbons (Fsp3) is 0.357. The lowest BCUT2D eigenvalue weighted by molar-refractivity contribution is 0.0233. The van der Waals surface area contributed by atoms with Gasteiger partial charge >= 0.3 is 6.09 Å². The summed E-state index contributed by atoms with van der Waals surface area (Å²) in [6, 6.07) is 15.8. The molecule has 0 spiro atoms. The summed E-state index contributed by atoms with van der Waals surface area (Å²) in [5, 5.41) is 0.624. The first-order valence-corrected chi connectivity index (χ1v) is 13.6. The number of aromatic nitrogens is 2. The van der Waals surface area contributed by atoms with Crippen molar-refractivity contribution in [3.63, 3.8) is 0 Å². The van der Waals surface area contributed by atoms with Gasteiger partial charge in [-0.25, -0.2) is 25.7 Å². The predicted molar refractivity (Wildman–Crippen MR) is 142 cm³/mol. The number of halogens is 1. The van der Waals surface area contributed by atoms with E-state index in [1.54, 1.807) is 23.1 Å². The van der Waals surface area contributed by atoms with E-state index in [-0.39, 0.29) is 31.6 Å². The predicted octanol–water partition coefficient (Wildman–Crippen LogP) is 4.90. The van der Waals surface area contributed by atoms with Crippen LogP contribution < -0.4 is 4.90 Å². The molecule has 196 valence electrons. The van der Waals surface area contributed by atoms with Gasteiger partial charge in [0.15, 0.2) is 5.16 Å². The molecule has 0 N–H and O–H groups in total. The first-order valence-electron chi connectivity index (χ1n) is 12.4. The zero-order valence-corrected chi connectivity index (χ0v) is 21.9. The van der Waals surface area contributed by atoms with Crippen LogP contribution in [0.2, 0.25) is 0 Å². The van der Waals surface area contributed by atoms with Gasteiger partial charge in [-0.1, -0.05) is 60.3 Å². The van der Waals surface area contributed by atoms with Gasteiger partial charge in [-0.3, -0.25) is 4.90 Å². The molecule has 5 rings (SSSR count). The maximum absolute atomic E-state index is 14.4. The van der Waals surface area contributed by atoms with Crippen molar-refractivity contribution in [3.8, 4) is 0 Å². The van der Waals surface area contributed by atoms with Gasteiger partial charge in [-0.05, 0) is 17.9 Å². The highest BCUT2D eigenvalue weighted by molar-refractivity contribution is 7.98. The Bertz CT molecular complexity index is 1340. The number of ether oxygens (including phenoxy) is 2. The fourth-order valence-corrected chi connectivity index (χ4v) is 5.25. The van der Waals surface area contributed by atoms with Crippen LogP contribution in [0.5, 0.6) is 0 Å². The molecular formula is C28H28FN5O3S. The van der Waals surface area contributed by atoms with Gasteiger partial charge in [0.1, 0.15) is 24.3 Å². The number of fused-ring (bicyclic) bond motifs is 1. The van der Waals surface area contributed by atoms with E-state index in [0.29, 0.717) is 36.8 Å². The summed E-state index contributed by atoms with van der Waals surface area (Å²) in [6.07, 6.45) is 1.51. The molecule has 0 bridgehead atoms. The van der Waals surface area contributed by atoms with Crippen LogP contribution in [-0.2, 0) is 29.1 Å². The molecule has 2 aromatic carbocycles. The van der Waals surface area contributed by atoms with Crippen LogP contribution in [0.3, 0.4) is 0 Å². The van der Waals surface area contributed by atoms with E-state index in [9.17, 15) is 9.18 Å². The first-order chi connectivity index (χ1) is 18.6. The molecule has 1 amide bonds. The standard InChI is InChI=1S/C28H28FN5O3S/c1-30-15-20-16-33(12-13-34(20)28(35)37-17-19-8-4-3-5-9-19)26-22-18-36-25(21-10-6-7-11-23(21)29)14-24(22)31-27(32-26)38-2/h3-11,20,25H,12-18H2,2H3/t20-,25?/m0/s1. The van der Waals surface area contributed by atoms with Crippen LogP contribution in [0.1, 0.15) is 28.5 Å². The van der Waals surface area contributed by atoms with Gasteiger partial charge in [0.25, 0.3) is 0 Å². The maximum Gasteiger partial charge on any atom is 0.410 e. The van der Waals surface area contributed by atoms with Crippen molar-refractivity contribution in [1.29, 1.82) is 0 Å². The quantitative estimate of drug-likeness (QED) is 0.254. The highest BCUT2D eigenvalue weighted by Crippen LogP contribution is 2.36. The molecule has 2 aliphatic heterocycles. The number of hydrogen-bond donors (Lipinski definition) is 0. The lowest BCUT2D eigenvalue weighted by Crippen LogP contribution is -2.57. The number of hydrogen-bond acceptors (Lipinski definition) is 7. The largest absolute Gasteiger partial charge is 0.445 e. The highest BCUT2D eigenvalue weighted by atomic mass is 32.2. The van der Waals surface area contributed by atoms with Gasteiger partial charge in [-0.15, -0.1) is 0 Å². The number of piperazine rings is 1. The summed E-state index contributed by atoms with van der Waals surface area (Å²) >= 11 is 1.44. The Morgan fingerprint density at radius 3 is 2.74 bits per heavy atom. The summed E-state index contributed by atoms with van der Waals surface area (Å²) < 4.78 is 26.1. The Hall–Kier alpha value is -3.68. The zero-order valence-electron chi connectivity index (χ0n) is 21.0. The zero-order chi connectivity index (χ0) is 26.5. The number of carbonyl (C=O) groups excluding carboxylic acids is 1. The second-order valence-corrected chi connectivity index (χ2v) is 9.93. The van der Waals surface area contributed by atoms with E-state index < -0.39 is 12.2 Å². The van der Waals surface area contributed by atoms with Crippen molar-refractivity contribution in [2.24, 2.45) is 0 Å². The number of benzene rings is 2. The summed E-state index contributed by atoms with van der Waals surface area (Å²) in [4.78, 5) is 29.8. The Morgan fingerprint density at radius 2 is 1.97 bits per heavy atom. The number of anilines is 1. The second kappa shape index (κ2) is 11.8. The highest BCUT2D eigenvalue weighted by Gasteiger charge is 2.36. The van der Waals surface area contributed by atoms with E-state index in [0.717, 1.165) is 22.6 Å². The van der Waals surface area contributed by atoms with Crippen molar-refractivity contribution in [2.75, 3.05) is 37.3 Å². The van der Waals surface area contributed by atoms with Gasteiger partial charge in [0.2, 0.25) is 6.54 Å². The van der Waals surface area contributed by atoms with Crippen LogP contribution in [0.25, 0.3) is 4.85 Å². The van der Waals surface area contributed by atoms with Crippen LogP contribution in [0, 0.1) is 12.4 Å². The van der Waals surface area contributed by atoms with Crippen LogP contribution in [0.15, 0.2) is 59.8 Å². The topological polar surface area (TPSA) is 72.2 Å². The molecule has 0 saturated carbocycles. The summed E-state index contributed by atoms with van der Waals surface area (Å²) in [5.74, 6) is 0.455. The van der Waals surface area contributed by atoms with Crippen LogP contribution >= 0.6 is 11.8 Å². The van der Waals surface area contributed by atoms with Gasteiger partial charge in [0, 0.05) is 37.2 Å². The van der Waals surface area contributed by atoms with E-state index in [1.807, 2.05) is 36.6 Å². The third-order valence-corrected chi connectivity index (χ3v) is 7.36. The van der Waals surface area contributed by atoms with Crippen molar-refractivity contribution in [2.45, 2.75) is 36.9 Å². The molecule has 1 fully saturated rings. The minimum absolute atomic E-state index is 0.158. The molecule has 10 heteroatoms. The summed E-state index contributed by atoms with van der Waals surface area (Å²) in [5.41, 5.74) is 3.14. The number of nitrogens with zero attached hydrogens (tertiary/aromatic N) is 5. The van der Waals surface area contributed by atoms with Gasteiger partial charge in [-0.2, -0.15) is 0 Å². The minimum atomic E-state index is -0.424. The molecule has 2 atom stereocenters. The molecule has 0 radical (unpaired) electrons. The van der Waals surface area contributed by atoms with Crippen molar-refractivity contribution in [3.05, 3.63) is 94.2 Å². The smallest absolute Gasteiger partial charge is 0.410 e. The molecule has 3 aromatic rings. The third kappa shape index (κ3) is 5.59. The Labute approximate surface area is 225 Å². The monoisotopic (exact) mass is 533 g/mol. The molecule has 1 aromatic heterocycles. The number of amides is 1. The average Bonchev–Trinajstić information content (AvgIpc) is 2.96. The lowest BCUT2D eigenvalue weighted by Gasteiger charge is -2.40. The average molecular weight is 534 g/mol. The number of carbonyl (C=O) groups is 1. The molecule has 0 aliphatic carbocycles. The lowest BCUT2D eigenvalue weighted by atomic mass is 9.98. The SMILES string of the molecule is [C-]#[N+]C[C@H]1CN(c2nc(SC)nc3c2COC(c2ccccc2F)C3)CCN1C(=O)OCc1ccccc1. The second-order valence-electron chi connectivity index (χ2n) is 9.16. The fourth-order valence-electron chi connectivity index (χ4n) is 4.87. The van der Waals surface area contributed by atoms with Crippen molar-refractivity contribution in [1.82, 2.24) is 14.9 Å². The normalized spacial score (nSPS) is 19.0. The van der Waals surface area contributed by atoms with E-state index in [4.69, 9.17) is 26.0 Å². The molecule has 1 saturated heterocycles. The summed E-state index contributed by atoms with van der Waals surface area (Å²) in [7, 11) is 0. The molecule has 1 unspecified atom stereocenters. The third-order valence-electron chi connectivity index (χ3n) is 6.82. The van der Waals surface area contributed by atoms with Crippen LogP contribution in [0.4, 0.5) is 15.0 Å². The van der Waals surface area contributed by atoms with E-state index in [2.05, 4.69) is 9.74 Å². The van der Waals surface area contributed by atoms with Gasteiger partial charge in [0.05, 0.1) is 18.4 Å². The summed E-state index contributed by atoms with van der Waals surface area (Å²) in [6.45, 7) is 9.43.